The van der Waals surface area contributed by atoms with Gasteiger partial charge in [0.15, 0.2) is 0 Å². The third-order valence-corrected chi connectivity index (χ3v) is 5.60. The van der Waals surface area contributed by atoms with Crippen molar-refractivity contribution in [3.05, 3.63) is 74.3 Å². The second-order valence-corrected chi connectivity index (χ2v) is 7.69. The van der Waals surface area contributed by atoms with E-state index >= 15 is 0 Å². The molecular formula is C23H23ClFNO5. The summed E-state index contributed by atoms with van der Waals surface area (Å²) in [5.74, 6) is -1.50. The first-order valence-electron chi connectivity index (χ1n) is 9.85. The number of nitrogens with zero attached hydrogens (tertiary/aromatic N) is 1. The number of methoxy groups -OCH3 is 1. The van der Waals surface area contributed by atoms with Crippen LogP contribution in [-0.2, 0) is 6.42 Å². The number of aliphatic hydroxyl groups is 1. The monoisotopic (exact) mass is 447 g/mol. The normalized spacial score (nSPS) is 12.2. The van der Waals surface area contributed by atoms with Crippen molar-refractivity contribution >= 4 is 28.5 Å². The summed E-state index contributed by atoms with van der Waals surface area (Å²) in [5, 5.41) is 19.6. The predicted octanol–water partition coefficient (Wildman–Crippen LogP) is 4.43. The zero-order chi connectivity index (χ0) is 22.7. The Kier molecular flexibility index (Phi) is 6.97. The molecule has 0 unspecified atom stereocenters. The lowest BCUT2D eigenvalue weighted by Crippen LogP contribution is -2.23. The Bertz CT molecular complexity index is 1190. The van der Waals surface area contributed by atoms with Gasteiger partial charge in [-0.3, -0.25) is 4.79 Å². The van der Waals surface area contributed by atoms with Crippen LogP contribution in [0.1, 0.15) is 47.3 Å². The Morgan fingerprint density at radius 2 is 2.03 bits per heavy atom. The fourth-order valence-corrected chi connectivity index (χ4v) is 3.94. The minimum Gasteiger partial charge on any atom is -0.496 e. The van der Waals surface area contributed by atoms with Crippen LogP contribution in [0.15, 0.2) is 41.3 Å². The molecule has 1 aromatic heterocycles. The number of fused-ring (bicyclic) bond motifs is 1. The number of aromatic nitrogens is 1. The van der Waals surface area contributed by atoms with Crippen molar-refractivity contribution in [1.82, 2.24) is 4.57 Å². The quantitative estimate of drug-likeness (QED) is 0.533. The Labute approximate surface area is 183 Å². The summed E-state index contributed by atoms with van der Waals surface area (Å²) < 4.78 is 21.5. The van der Waals surface area contributed by atoms with Crippen LogP contribution >= 0.6 is 11.6 Å². The standard InChI is InChI=1S/C23H23ClFNO5/c1-3-5-15(12-27)26-11-17(23(29)30)22(28)16-9-14(20(31-2)10-19(16)26)8-13-6-4-7-18(24)21(13)25/h4,6-7,9-11,15,27H,3,5,8,12H2,1-2H3,(H,29,30)/t15-/m0/s1. The molecule has 0 saturated heterocycles. The first-order chi connectivity index (χ1) is 14.8. The fourth-order valence-electron chi connectivity index (χ4n) is 3.75. The van der Waals surface area contributed by atoms with E-state index in [1.165, 1.54) is 25.4 Å². The first kappa shape index (κ1) is 22.8. The maximum Gasteiger partial charge on any atom is 0.341 e. The molecule has 1 heterocycles. The maximum absolute atomic E-state index is 14.4. The summed E-state index contributed by atoms with van der Waals surface area (Å²) in [6, 6.07) is 7.39. The molecule has 0 fully saturated rings. The Morgan fingerprint density at radius 1 is 1.29 bits per heavy atom. The van der Waals surface area contributed by atoms with Gasteiger partial charge in [-0.15, -0.1) is 0 Å². The van der Waals surface area contributed by atoms with Crippen molar-refractivity contribution in [3.63, 3.8) is 0 Å². The summed E-state index contributed by atoms with van der Waals surface area (Å²) >= 11 is 5.88. The molecular weight excluding hydrogens is 425 g/mol. The summed E-state index contributed by atoms with van der Waals surface area (Å²) in [5.41, 5.74) is 0.224. The minimum absolute atomic E-state index is 0.0156. The van der Waals surface area contributed by atoms with E-state index in [0.717, 1.165) is 6.42 Å². The summed E-state index contributed by atoms with van der Waals surface area (Å²) in [4.78, 5) is 24.6. The number of halogens is 2. The third kappa shape index (κ3) is 4.43. The van der Waals surface area contributed by atoms with Crippen molar-refractivity contribution < 1.29 is 24.1 Å². The van der Waals surface area contributed by atoms with Gasteiger partial charge in [-0.1, -0.05) is 37.1 Å². The van der Waals surface area contributed by atoms with Crippen LogP contribution in [0.4, 0.5) is 4.39 Å². The zero-order valence-corrected chi connectivity index (χ0v) is 17.9. The topological polar surface area (TPSA) is 88.8 Å². The lowest BCUT2D eigenvalue weighted by atomic mass is 9.99. The van der Waals surface area contributed by atoms with Gasteiger partial charge in [0.25, 0.3) is 0 Å². The van der Waals surface area contributed by atoms with Gasteiger partial charge in [-0.25, -0.2) is 9.18 Å². The van der Waals surface area contributed by atoms with Crippen LogP contribution in [0.3, 0.4) is 0 Å². The number of carbonyl (C=O) groups is 1. The lowest BCUT2D eigenvalue weighted by Gasteiger charge is -2.22. The van der Waals surface area contributed by atoms with Crippen molar-refractivity contribution in [2.24, 2.45) is 0 Å². The van der Waals surface area contributed by atoms with E-state index < -0.39 is 28.8 Å². The second kappa shape index (κ2) is 9.49. The average molecular weight is 448 g/mol. The van der Waals surface area contributed by atoms with Crippen LogP contribution in [0.5, 0.6) is 5.75 Å². The Morgan fingerprint density at radius 3 is 2.65 bits per heavy atom. The lowest BCUT2D eigenvalue weighted by molar-refractivity contribution is 0.0694. The second-order valence-electron chi connectivity index (χ2n) is 7.28. The van der Waals surface area contributed by atoms with Gasteiger partial charge in [0.05, 0.1) is 30.3 Å². The fraction of sp³-hybridized carbons (Fsp3) is 0.304. The van der Waals surface area contributed by atoms with Gasteiger partial charge < -0.3 is 19.5 Å². The van der Waals surface area contributed by atoms with E-state index in [2.05, 4.69) is 0 Å². The van der Waals surface area contributed by atoms with Crippen molar-refractivity contribution in [3.8, 4) is 5.75 Å². The molecule has 31 heavy (non-hydrogen) atoms. The van der Waals surface area contributed by atoms with E-state index in [1.807, 2.05) is 6.92 Å². The minimum atomic E-state index is -1.35. The van der Waals surface area contributed by atoms with Gasteiger partial charge in [-0.2, -0.15) is 0 Å². The molecule has 164 valence electrons. The maximum atomic E-state index is 14.4. The number of carboxylic acids is 1. The molecule has 3 rings (SSSR count). The number of hydrogen-bond donors (Lipinski definition) is 2. The van der Waals surface area contributed by atoms with E-state index in [0.29, 0.717) is 28.8 Å². The molecule has 0 aliphatic carbocycles. The highest BCUT2D eigenvalue weighted by atomic mass is 35.5. The van der Waals surface area contributed by atoms with Crippen molar-refractivity contribution in [2.75, 3.05) is 13.7 Å². The molecule has 0 aliphatic heterocycles. The summed E-state index contributed by atoms with van der Waals surface area (Å²) in [7, 11) is 1.46. The molecule has 8 heteroatoms. The number of ether oxygens (including phenoxy) is 1. The van der Waals surface area contributed by atoms with Gasteiger partial charge >= 0.3 is 5.97 Å². The number of hydrogen-bond acceptors (Lipinski definition) is 4. The van der Waals surface area contributed by atoms with Gasteiger partial charge in [-0.05, 0) is 29.7 Å². The highest BCUT2D eigenvalue weighted by Gasteiger charge is 2.21. The molecule has 3 aromatic rings. The third-order valence-electron chi connectivity index (χ3n) is 5.30. The van der Waals surface area contributed by atoms with Gasteiger partial charge in [0.1, 0.15) is 17.1 Å². The molecule has 0 spiro atoms. The number of pyridine rings is 1. The van der Waals surface area contributed by atoms with E-state index in [-0.39, 0.29) is 23.4 Å². The molecule has 1 atom stereocenters. The molecule has 0 aliphatic rings. The smallest absolute Gasteiger partial charge is 0.341 e. The first-order valence-corrected chi connectivity index (χ1v) is 10.2. The highest BCUT2D eigenvalue weighted by molar-refractivity contribution is 6.30. The Hall–Kier alpha value is -2.90. The SMILES string of the molecule is CCC[C@@H](CO)n1cc(C(=O)O)c(=O)c2cc(Cc3cccc(Cl)c3F)c(OC)cc21. The van der Waals surface area contributed by atoms with Gasteiger partial charge in [0, 0.05) is 24.1 Å². The number of aromatic carboxylic acids is 1. The van der Waals surface area contributed by atoms with Crippen LogP contribution in [0.25, 0.3) is 10.9 Å². The van der Waals surface area contributed by atoms with Crippen LogP contribution in [-0.4, -0.2) is 34.5 Å². The Balaban J connectivity index is 2.29. The number of benzene rings is 2. The molecule has 2 N–H and O–H groups in total. The van der Waals surface area contributed by atoms with E-state index in [1.54, 1.807) is 22.8 Å². The summed E-state index contributed by atoms with van der Waals surface area (Å²) in [6.07, 6.45) is 2.70. The molecule has 0 radical (unpaired) electrons. The van der Waals surface area contributed by atoms with Crippen molar-refractivity contribution in [2.45, 2.75) is 32.2 Å². The van der Waals surface area contributed by atoms with Gasteiger partial charge in [0.2, 0.25) is 5.43 Å². The number of carboxylic acid groups (broad SMARTS) is 1. The van der Waals surface area contributed by atoms with Crippen LogP contribution in [0, 0.1) is 5.82 Å². The molecule has 6 nitrogen and oxygen atoms in total. The van der Waals surface area contributed by atoms with Crippen molar-refractivity contribution in [1.29, 1.82) is 0 Å². The predicted molar refractivity (Wildman–Crippen MR) is 117 cm³/mol. The summed E-state index contributed by atoms with van der Waals surface area (Å²) in [6.45, 7) is 1.73. The molecule has 0 amide bonds. The van der Waals surface area contributed by atoms with Crippen LogP contribution in [0.2, 0.25) is 5.02 Å². The average Bonchev–Trinajstić information content (AvgIpc) is 2.75. The highest BCUT2D eigenvalue weighted by Crippen LogP contribution is 2.31. The number of aliphatic hydroxyl groups excluding tert-OH is 1. The van der Waals surface area contributed by atoms with E-state index in [4.69, 9.17) is 16.3 Å². The molecule has 2 aromatic carbocycles. The zero-order valence-electron chi connectivity index (χ0n) is 17.2. The van der Waals surface area contributed by atoms with E-state index in [9.17, 15) is 24.2 Å². The largest absolute Gasteiger partial charge is 0.496 e. The molecule has 0 saturated carbocycles. The molecule has 0 bridgehead atoms. The number of rotatable bonds is 8. The van der Waals surface area contributed by atoms with Crippen LogP contribution < -0.4 is 10.2 Å².